The van der Waals surface area contributed by atoms with Crippen LogP contribution >= 0.6 is 11.8 Å². The van der Waals surface area contributed by atoms with Crippen LogP contribution in [0.4, 0.5) is 0 Å². The number of aromatic nitrogens is 2. The lowest BCUT2D eigenvalue weighted by atomic mass is 9.93. The first kappa shape index (κ1) is 19.1. The van der Waals surface area contributed by atoms with Crippen LogP contribution in [0.5, 0.6) is 0 Å². The summed E-state index contributed by atoms with van der Waals surface area (Å²) in [6, 6.07) is 0. The molecule has 0 aliphatic carbocycles. The molecule has 134 valence electrons. The first-order valence-corrected chi connectivity index (χ1v) is 8.59. The molecule has 0 fully saturated rings. The van der Waals surface area contributed by atoms with Crippen LogP contribution in [0.3, 0.4) is 0 Å². The lowest BCUT2D eigenvalue weighted by molar-refractivity contribution is -0.135. The fourth-order valence-electron chi connectivity index (χ4n) is 2.17. The maximum Gasteiger partial charge on any atom is 0.339 e. The zero-order valence-electron chi connectivity index (χ0n) is 15.2. The molecule has 1 aliphatic rings. The number of fused-ring (bicyclic) bond motifs is 1. The molecule has 1 aromatic rings. The summed E-state index contributed by atoms with van der Waals surface area (Å²) in [5, 5.41) is 1.94. The topological polar surface area (TPSA) is 70.4 Å². The second-order valence-electron chi connectivity index (χ2n) is 6.54. The van der Waals surface area contributed by atoms with E-state index in [1.165, 1.54) is 38.1 Å². The molecule has 2 heterocycles. The SMILES string of the molecule is COC(=O)/C=C/C(C(=O)OC)=C1/SC=C(C)n2cc(C(C)(C)C)nc21. The molecule has 7 heteroatoms. The summed E-state index contributed by atoms with van der Waals surface area (Å²) in [6.45, 7) is 8.21. The number of allylic oxidation sites excluding steroid dienone is 1. The maximum absolute atomic E-state index is 12.3. The zero-order valence-corrected chi connectivity index (χ0v) is 16.1. The van der Waals surface area contributed by atoms with Crippen LogP contribution in [0.25, 0.3) is 10.6 Å². The third-order valence-electron chi connectivity index (χ3n) is 3.64. The number of rotatable bonds is 3. The normalized spacial score (nSPS) is 16.3. The summed E-state index contributed by atoms with van der Waals surface area (Å²) >= 11 is 1.38. The molecule has 0 bridgehead atoms. The Morgan fingerprint density at radius 3 is 2.44 bits per heavy atom. The molecule has 0 atom stereocenters. The van der Waals surface area contributed by atoms with Crippen LogP contribution in [0, 0.1) is 0 Å². The van der Waals surface area contributed by atoms with E-state index in [1.807, 2.05) is 23.1 Å². The van der Waals surface area contributed by atoms with Gasteiger partial charge in [0, 0.05) is 23.4 Å². The van der Waals surface area contributed by atoms with E-state index in [1.54, 1.807) is 0 Å². The van der Waals surface area contributed by atoms with E-state index >= 15 is 0 Å². The average molecular weight is 362 g/mol. The van der Waals surface area contributed by atoms with Gasteiger partial charge in [-0.05, 0) is 18.4 Å². The lowest BCUT2D eigenvalue weighted by Crippen LogP contribution is -2.11. The minimum absolute atomic E-state index is 0.131. The quantitative estimate of drug-likeness (QED) is 0.607. The van der Waals surface area contributed by atoms with Crippen LogP contribution in [0.1, 0.15) is 39.2 Å². The highest BCUT2D eigenvalue weighted by atomic mass is 32.2. The second-order valence-corrected chi connectivity index (χ2v) is 7.42. The van der Waals surface area contributed by atoms with Crippen molar-refractivity contribution >= 4 is 34.3 Å². The number of carbonyl (C=O) groups is 2. The molecule has 1 aliphatic heterocycles. The molecule has 0 N–H and O–H groups in total. The second kappa shape index (κ2) is 7.31. The molecule has 0 aromatic carbocycles. The molecule has 0 amide bonds. The summed E-state index contributed by atoms with van der Waals surface area (Å²) in [7, 11) is 2.58. The molecular formula is C18H22N2O4S. The van der Waals surface area contributed by atoms with E-state index in [9.17, 15) is 9.59 Å². The van der Waals surface area contributed by atoms with Crippen molar-refractivity contribution in [3.63, 3.8) is 0 Å². The minimum atomic E-state index is -0.548. The fourth-order valence-corrected chi connectivity index (χ4v) is 3.10. The first-order chi connectivity index (χ1) is 11.7. The standard InChI is InChI=1S/C18H22N2O4S/c1-11-10-25-15(12(17(22)24-6)7-8-14(21)23-5)16-19-13(9-20(11)16)18(2,3)4/h7-10H,1-6H3/b8-7+,15-12-. The number of ether oxygens (including phenoxy) is 2. The molecule has 0 radical (unpaired) electrons. The Hall–Kier alpha value is -2.28. The summed E-state index contributed by atoms with van der Waals surface area (Å²) in [5.41, 5.74) is 2.05. The van der Waals surface area contributed by atoms with Gasteiger partial charge in [-0.25, -0.2) is 14.6 Å². The Morgan fingerprint density at radius 2 is 1.88 bits per heavy atom. The van der Waals surface area contributed by atoms with E-state index in [0.29, 0.717) is 10.7 Å². The number of imidazole rings is 1. The Bertz CT molecular complexity index is 794. The molecular weight excluding hydrogens is 340 g/mol. The van der Waals surface area contributed by atoms with Gasteiger partial charge in [-0.2, -0.15) is 0 Å². The van der Waals surface area contributed by atoms with Gasteiger partial charge in [-0.3, -0.25) is 0 Å². The summed E-state index contributed by atoms with van der Waals surface area (Å²) < 4.78 is 11.4. The Morgan fingerprint density at radius 1 is 1.20 bits per heavy atom. The van der Waals surface area contributed by atoms with Crippen molar-refractivity contribution in [2.24, 2.45) is 0 Å². The number of thioether (sulfide) groups is 1. The van der Waals surface area contributed by atoms with Gasteiger partial charge in [0.2, 0.25) is 0 Å². The highest BCUT2D eigenvalue weighted by Crippen LogP contribution is 2.40. The first-order valence-electron chi connectivity index (χ1n) is 7.71. The number of esters is 2. The predicted molar refractivity (Wildman–Crippen MR) is 98.6 cm³/mol. The number of methoxy groups -OCH3 is 2. The van der Waals surface area contributed by atoms with Gasteiger partial charge in [-0.15, -0.1) is 0 Å². The molecule has 1 aromatic heterocycles. The molecule has 0 unspecified atom stereocenters. The Labute approximate surface area is 151 Å². The van der Waals surface area contributed by atoms with Gasteiger partial charge < -0.3 is 14.0 Å². The van der Waals surface area contributed by atoms with Crippen LogP contribution in [0.2, 0.25) is 0 Å². The Balaban J connectivity index is 2.65. The number of nitrogens with zero attached hydrogens (tertiary/aromatic N) is 2. The monoisotopic (exact) mass is 362 g/mol. The third-order valence-corrected chi connectivity index (χ3v) is 4.74. The van der Waals surface area contributed by atoms with Crippen LogP contribution < -0.4 is 0 Å². The Kier molecular flexibility index (Phi) is 5.57. The number of hydrogen-bond donors (Lipinski definition) is 0. The summed E-state index contributed by atoms with van der Waals surface area (Å²) in [4.78, 5) is 29.0. The minimum Gasteiger partial charge on any atom is -0.466 e. The fraction of sp³-hybridized carbons (Fsp3) is 0.389. The van der Waals surface area contributed by atoms with Crippen molar-refractivity contribution in [3.05, 3.63) is 40.8 Å². The summed E-state index contributed by atoms with van der Waals surface area (Å²) in [6.07, 6.45) is 4.58. The molecule has 0 saturated heterocycles. The lowest BCUT2D eigenvalue weighted by Gasteiger charge is -2.17. The van der Waals surface area contributed by atoms with Crippen molar-refractivity contribution in [1.82, 2.24) is 9.55 Å². The van der Waals surface area contributed by atoms with Gasteiger partial charge in [-0.1, -0.05) is 32.5 Å². The summed E-state index contributed by atoms with van der Waals surface area (Å²) in [5.74, 6) is -0.430. The third kappa shape index (κ3) is 4.04. The van der Waals surface area contributed by atoms with Crippen molar-refractivity contribution in [1.29, 1.82) is 0 Å². The zero-order chi connectivity index (χ0) is 18.8. The van der Waals surface area contributed by atoms with E-state index in [2.05, 4.69) is 25.5 Å². The van der Waals surface area contributed by atoms with E-state index in [4.69, 9.17) is 9.72 Å². The van der Waals surface area contributed by atoms with Crippen molar-refractivity contribution < 1.29 is 19.1 Å². The predicted octanol–water partition coefficient (Wildman–Crippen LogP) is 3.36. The number of carbonyl (C=O) groups excluding carboxylic acids is 2. The van der Waals surface area contributed by atoms with Crippen molar-refractivity contribution in [2.45, 2.75) is 33.1 Å². The van der Waals surface area contributed by atoms with E-state index in [-0.39, 0.29) is 11.0 Å². The van der Waals surface area contributed by atoms with Gasteiger partial charge in [0.15, 0.2) is 5.82 Å². The molecule has 2 rings (SSSR count). The number of hydrogen-bond acceptors (Lipinski definition) is 6. The van der Waals surface area contributed by atoms with Crippen LogP contribution in [0.15, 0.2) is 29.3 Å². The highest BCUT2D eigenvalue weighted by Gasteiger charge is 2.27. The van der Waals surface area contributed by atoms with Crippen LogP contribution in [-0.2, 0) is 24.5 Å². The van der Waals surface area contributed by atoms with Crippen molar-refractivity contribution in [3.8, 4) is 0 Å². The average Bonchev–Trinajstić information content (AvgIpc) is 3.02. The highest BCUT2D eigenvalue weighted by molar-refractivity contribution is 8.11. The van der Waals surface area contributed by atoms with Crippen molar-refractivity contribution in [2.75, 3.05) is 14.2 Å². The van der Waals surface area contributed by atoms with Gasteiger partial charge >= 0.3 is 11.9 Å². The van der Waals surface area contributed by atoms with Gasteiger partial charge in [0.25, 0.3) is 0 Å². The molecule has 0 saturated carbocycles. The van der Waals surface area contributed by atoms with Gasteiger partial charge in [0.1, 0.15) is 0 Å². The van der Waals surface area contributed by atoms with Gasteiger partial charge in [0.05, 0.1) is 30.4 Å². The van der Waals surface area contributed by atoms with E-state index in [0.717, 1.165) is 11.4 Å². The smallest absolute Gasteiger partial charge is 0.339 e. The molecule has 25 heavy (non-hydrogen) atoms. The largest absolute Gasteiger partial charge is 0.466 e. The molecule has 0 spiro atoms. The molecule has 6 nitrogen and oxygen atoms in total. The van der Waals surface area contributed by atoms with E-state index < -0.39 is 11.9 Å². The van der Waals surface area contributed by atoms with Crippen LogP contribution in [-0.4, -0.2) is 35.7 Å². The maximum atomic E-state index is 12.3.